The first-order valence-electron chi connectivity index (χ1n) is 9.99. The van der Waals surface area contributed by atoms with Crippen LogP contribution < -0.4 is 19.5 Å². The second-order valence-electron chi connectivity index (χ2n) is 7.08. The summed E-state index contributed by atoms with van der Waals surface area (Å²) in [7, 11) is 6.81. The van der Waals surface area contributed by atoms with Crippen LogP contribution in [0.15, 0.2) is 47.5 Å². The SMILES string of the molecule is CN=C(NCCc1c(OC)cc(OC)cc1OC)N1CCC(c2ccccc2)C1. The molecule has 3 rings (SSSR count). The predicted octanol–water partition coefficient (Wildman–Crippen LogP) is 3.32. The number of nitrogens with zero attached hydrogens (tertiary/aromatic N) is 2. The molecule has 2 aromatic carbocycles. The second-order valence-corrected chi connectivity index (χ2v) is 7.08. The molecule has 1 N–H and O–H groups in total. The van der Waals surface area contributed by atoms with Gasteiger partial charge in [0.05, 0.1) is 21.3 Å². The van der Waals surface area contributed by atoms with Gasteiger partial charge in [0.1, 0.15) is 17.2 Å². The van der Waals surface area contributed by atoms with Gasteiger partial charge >= 0.3 is 0 Å². The molecule has 1 aliphatic heterocycles. The van der Waals surface area contributed by atoms with E-state index in [1.54, 1.807) is 21.3 Å². The Morgan fingerprint density at radius 3 is 2.34 bits per heavy atom. The van der Waals surface area contributed by atoms with E-state index in [9.17, 15) is 0 Å². The zero-order chi connectivity index (χ0) is 20.6. The summed E-state index contributed by atoms with van der Waals surface area (Å²) in [5.74, 6) is 3.74. The zero-order valence-corrected chi connectivity index (χ0v) is 17.8. The van der Waals surface area contributed by atoms with E-state index in [1.807, 2.05) is 19.2 Å². The van der Waals surface area contributed by atoms with Gasteiger partial charge in [0.15, 0.2) is 5.96 Å². The van der Waals surface area contributed by atoms with Crippen LogP contribution >= 0.6 is 0 Å². The maximum Gasteiger partial charge on any atom is 0.193 e. The normalized spacial score (nSPS) is 16.6. The molecule has 0 saturated carbocycles. The highest BCUT2D eigenvalue weighted by Crippen LogP contribution is 2.34. The predicted molar refractivity (Wildman–Crippen MR) is 117 cm³/mol. The number of nitrogens with one attached hydrogen (secondary N) is 1. The van der Waals surface area contributed by atoms with Crippen molar-refractivity contribution in [3.8, 4) is 17.2 Å². The third-order valence-electron chi connectivity index (χ3n) is 5.45. The number of likely N-dealkylation sites (tertiary alicyclic amines) is 1. The van der Waals surface area contributed by atoms with Gasteiger partial charge in [-0.25, -0.2) is 0 Å². The van der Waals surface area contributed by atoms with Gasteiger partial charge in [-0.2, -0.15) is 0 Å². The van der Waals surface area contributed by atoms with Gasteiger partial charge in [0, 0.05) is 50.3 Å². The van der Waals surface area contributed by atoms with E-state index < -0.39 is 0 Å². The van der Waals surface area contributed by atoms with E-state index in [0.717, 1.165) is 61.2 Å². The molecule has 0 aromatic heterocycles. The molecule has 2 aromatic rings. The lowest BCUT2D eigenvalue weighted by molar-refractivity contribution is 0.368. The Bertz CT molecular complexity index is 798. The van der Waals surface area contributed by atoms with Crippen molar-refractivity contribution >= 4 is 5.96 Å². The van der Waals surface area contributed by atoms with Gasteiger partial charge in [-0.15, -0.1) is 0 Å². The first-order chi connectivity index (χ1) is 14.2. The van der Waals surface area contributed by atoms with E-state index >= 15 is 0 Å². The Morgan fingerprint density at radius 2 is 1.76 bits per heavy atom. The van der Waals surface area contributed by atoms with Crippen LogP contribution in [0, 0.1) is 0 Å². The quantitative estimate of drug-likeness (QED) is 0.574. The second kappa shape index (κ2) is 10.0. The van der Waals surface area contributed by atoms with Crippen LogP contribution in [0.3, 0.4) is 0 Å². The number of hydrogen-bond acceptors (Lipinski definition) is 4. The van der Waals surface area contributed by atoms with Crippen LogP contribution in [-0.4, -0.2) is 58.9 Å². The minimum atomic E-state index is 0.552. The van der Waals surface area contributed by atoms with Crippen molar-refractivity contribution in [2.75, 3.05) is 48.0 Å². The molecule has 0 amide bonds. The minimum absolute atomic E-state index is 0.552. The third kappa shape index (κ3) is 4.94. The van der Waals surface area contributed by atoms with Crippen LogP contribution in [0.2, 0.25) is 0 Å². The fourth-order valence-electron chi connectivity index (χ4n) is 3.91. The number of hydrogen-bond donors (Lipinski definition) is 1. The molecule has 29 heavy (non-hydrogen) atoms. The number of aliphatic imine (C=N–C) groups is 1. The van der Waals surface area contributed by atoms with Crippen molar-refractivity contribution in [2.24, 2.45) is 4.99 Å². The molecular weight excluding hydrogens is 366 g/mol. The van der Waals surface area contributed by atoms with Gasteiger partial charge in [-0.3, -0.25) is 4.99 Å². The fourth-order valence-corrected chi connectivity index (χ4v) is 3.91. The van der Waals surface area contributed by atoms with Crippen LogP contribution in [0.25, 0.3) is 0 Å². The third-order valence-corrected chi connectivity index (χ3v) is 5.45. The number of benzene rings is 2. The number of ether oxygens (including phenoxy) is 3. The summed E-state index contributed by atoms with van der Waals surface area (Å²) in [4.78, 5) is 6.82. The average Bonchev–Trinajstić information content (AvgIpc) is 3.27. The molecule has 1 unspecified atom stereocenters. The first kappa shape index (κ1) is 20.8. The molecule has 156 valence electrons. The lowest BCUT2D eigenvalue weighted by Crippen LogP contribution is -2.40. The minimum Gasteiger partial charge on any atom is -0.496 e. The molecular formula is C23H31N3O3. The highest BCUT2D eigenvalue weighted by Gasteiger charge is 2.26. The van der Waals surface area contributed by atoms with Crippen LogP contribution in [0.5, 0.6) is 17.2 Å². The molecule has 6 nitrogen and oxygen atoms in total. The summed E-state index contributed by atoms with van der Waals surface area (Å²) in [6.45, 7) is 2.73. The lowest BCUT2D eigenvalue weighted by atomic mass is 9.99. The summed E-state index contributed by atoms with van der Waals surface area (Å²) < 4.78 is 16.4. The van der Waals surface area contributed by atoms with Gasteiger partial charge in [0.2, 0.25) is 0 Å². The van der Waals surface area contributed by atoms with E-state index in [-0.39, 0.29) is 0 Å². The number of methoxy groups -OCH3 is 3. The van der Waals surface area contributed by atoms with Crippen molar-refractivity contribution in [2.45, 2.75) is 18.8 Å². The Morgan fingerprint density at radius 1 is 1.07 bits per heavy atom. The van der Waals surface area contributed by atoms with Crippen molar-refractivity contribution in [3.05, 3.63) is 53.6 Å². The standard InChI is InChI=1S/C23H31N3O3/c1-24-23(26-13-11-18(16-26)17-8-6-5-7-9-17)25-12-10-20-21(28-3)14-19(27-2)15-22(20)29-4/h5-9,14-15,18H,10-13,16H2,1-4H3,(H,24,25). The van der Waals surface area contributed by atoms with E-state index in [4.69, 9.17) is 14.2 Å². The molecule has 0 bridgehead atoms. The van der Waals surface area contributed by atoms with Crippen molar-refractivity contribution in [1.29, 1.82) is 0 Å². The summed E-state index contributed by atoms with van der Waals surface area (Å²) in [6.07, 6.45) is 1.90. The largest absolute Gasteiger partial charge is 0.496 e. The maximum atomic E-state index is 5.55. The van der Waals surface area contributed by atoms with Crippen LogP contribution in [-0.2, 0) is 6.42 Å². The highest BCUT2D eigenvalue weighted by molar-refractivity contribution is 5.80. The van der Waals surface area contributed by atoms with E-state index in [2.05, 4.69) is 45.5 Å². The van der Waals surface area contributed by atoms with Crippen molar-refractivity contribution in [1.82, 2.24) is 10.2 Å². The molecule has 0 aliphatic carbocycles. The molecule has 1 heterocycles. The van der Waals surface area contributed by atoms with E-state index in [1.165, 1.54) is 5.56 Å². The summed E-state index contributed by atoms with van der Waals surface area (Å²) in [6, 6.07) is 14.5. The molecule has 1 atom stereocenters. The molecule has 6 heteroatoms. The Balaban J connectivity index is 1.61. The summed E-state index contributed by atoms with van der Waals surface area (Å²) in [5.41, 5.74) is 2.42. The summed E-state index contributed by atoms with van der Waals surface area (Å²) >= 11 is 0. The van der Waals surface area contributed by atoms with E-state index in [0.29, 0.717) is 5.92 Å². The number of guanidine groups is 1. The Kier molecular flexibility index (Phi) is 7.22. The van der Waals surface area contributed by atoms with Gasteiger partial charge in [-0.1, -0.05) is 30.3 Å². The molecule has 1 saturated heterocycles. The monoisotopic (exact) mass is 397 g/mol. The van der Waals surface area contributed by atoms with Crippen LogP contribution in [0.4, 0.5) is 0 Å². The van der Waals surface area contributed by atoms with Crippen molar-refractivity contribution < 1.29 is 14.2 Å². The van der Waals surface area contributed by atoms with Gasteiger partial charge in [-0.05, 0) is 18.4 Å². The highest BCUT2D eigenvalue weighted by atomic mass is 16.5. The molecule has 0 radical (unpaired) electrons. The smallest absolute Gasteiger partial charge is 0.193 e. The zero-order valence-electron chi connectivity index (χ0n) is 17.8. The Hall–Kier alpha value is -2.89. The topological polar surface area (TPSA) is 55.3 Å². The summed E-state index contributed by atoms with van der Waals surface area (Å²) in [5, 5.41) is 3.50. The van der Waals surface area contributed by atoms with Gasteiger partial charge < -0.3 is 24.4 Å². The van der Waals surface area contributed by atoms with Crippen molar-refractivity contribution in [3.63, 3.8) is 0 Å². The first-order valence-corrected chi connectivity index (χ1v) is 9.99. The number of rotatable bonds is 7. The van der Waals surface area contributed by atoms with Crippen LogP contribution in [0.1, 0.15) is 23.5 Å². The average molecular weight is 398 g/mol. The molecule has 0 spiro atoms. The lowest BCUT2D eigenvalue weighted by Gasteiger charge is -2.22. The fraction of sp³-hybridized carbons (Fsp3) is 0.435. The Labute approximate surface area is 173 Å². The maximum absolute atomic E-state index is 5.55. The van der Waals surface area contributed by atoms with Gasteiger partial charge in [0.25, 0.3) is 0 Å². The molecule has 1 fully saturated rings. The molecule has 1 aliphatic rings.